The molecule has 5 nitrogen and oxygen atoms in total. The minimum Gasteiger partial charge on any atom is -0.482 e. The molecule has 6 heteroatoms. The summed E-state index contributed by atoms with van der Waals surface area (Å²) in [6, 6.07) is 24.9. The number of rotatable bonds is 9. The molecule has 0 unspecified atom stereocenters. The van der Waals surface area contributed by atoms with Gasteiger partial charge in [0.25, 0.3) is 5.56 Å². The highest BCUT2D eigenvalue weighted by atomic mass is 19.1. The van der Waals surface area contributed by atoms with E-state index in [1.54, 1.807) is 28.8 Å². The van der Waals surface area contributed by atoms with Crippen LogP contribution in [0.4, 0.5) is 4.39 Å². The lowest BCUT2D eigenvalue weighted by Crippen LogP contribution is -2.19. The first-order valence-corrected chi connectivity index (χ1v) is 11.0. The first-order chi connectivity index (χ1) is 16.5. The predicted molar refractivity (Wildman–Crippen MR) is 129 cm³/mol. The van der Waals surface area contributed by atoms with Gasteiger partial charge in [-0.1, -0.05) is 48.5 Å². The summed E-state index contributed by atoms with van der Waals surface area (Å²) < 4.78 is 20.3. The first kappa shape index (κ1) is 23.0. The molecular weight excluding hydrogens is 433 g/mol. The number of pyridine rings is 1. The summed E-state index contributed by atoms with van der Waals surface area (Å²) >= 11 is 0. The van der Waals surface area contributed by atoms with E-state index in [1.807, 2.05) is 54.7 Å². The Balaban J connectivity index is 1.50. The Kier molecular flexibility index (Phi) is 7.18. The summed E-state index contributed by atoms with van der Waals surface area (Å²) in [5.74, 6) is -0.795. The molecule has 0 radical (unpaired) electrons. The van der Waals surface area contributed by atoms with Gasteiger partial charge in [-0.05, 0) is 71.0 Å². The number of aliphatic carboxylic acids is 1. The van der Waals surface area contributed by atoms with Gasteiger partial charge in [-0.2, -0.15) is 0 Å². The quantitative estimate of drug-likeness (QED) is 0.365. The molecule has 0 aliphatic rings. The van der Waals surface area contributed by atoms with Gasteiger partial charge in [0.1, 0.15) is 11.6 Å². The number of ether oxygens (including phenoxy) is 1. The Hall–Kier alpha value is -4.19. The Morgan fingerprint density at radius 2 is 1.59 bits per heavy atom. The van der Waals surface area contributed by atoms with Crippen LogP contribution in [0.2, 0.25) is 0 Å². The molecule has 0 saturated carbocycles. The number of carbonyl (C=O) groups is 1. The third-order valence-electron chi connectivity index (χ3n) is 5.50. The number of hydrogen-bond acceptors (Lipinski definition) is 3. The highest BCUT2D eigenvalue weighted by Gasteiger charge is 2.09. The molecule has 0 spiro atoms. The summed E-state index contributed by atoms with van der Waals surface area (Å²) in [6.45, 7) is 0.149. The maximum absolute atomic E-state index is 13.4. The van der Waals surface area contributed by atoms with Gasteiger partial charge >= 0.3 is 5.97 Å². The Morgan fingerprint density at radius 1 is 0.882 bits per heavy atom. The summed E-state index contributed by atoms with van der Waals surface area (Å²) in [6.07, 6.45) is 3.30. The Morgan fingerprint density at radius 3 is 2.32 bits per heavy atom. The van der Waals surface area contributed by atoms with Gasteiger partial charge in [0.05, 0.1) is 0 Å². The van der Waals surface area contributed by atoms with E-state index in [0.29, 0.717) is 18.7 Å². The van der Waals surface area contributed by atoms with Gasteiger partial charge < -0.3 is 14.4 Å². The second kappa shape index (κ2) is 10.6. The van der Waals surface area contributed by atoms with Crippen LogP contribution in [-0.2, 0) is 17.8 Å². The molecule has 4 rings (SSSR count). The molecule has 0 saturated heterocycles. The fraction of sp³-hybridized carbons (Fsp3) is 0.143. The zero-order valence-corrected chi connectivity index (χ0v) is 18.5. The highest BCUT2D eigenvalue weighted by Crippen LogP contribution is 2.31. The zero-order chi connectivity index (χ0) is 23.9. The number of nitrogens with zero attached hydrogens (tertiary/aromatic N) is 1. The summed E-state index contributed by atoms with van der Waals surface area (Å²) in [4.78, 5) is 23.2. The number of halogens is 1. The predicted octanol–water partition coefficient (Wildman–Crippen LogP) is 5.42. The van der Waals surface area contributed by atoms with Gasteiger partial charge in [0, 0.05) is 18.8 Å². The second-order valence-electron chi connectivity index (χ2n) is 7.94. The van der Waals surface area contributed by atoms with Crippen molar-refractivity contribution in [2.45, 2.75) is 19.4 Å². The van der Waals surface area contributed by atoms with E-state index in [4.69, 9.17) is 9.84 Å². The van der Waals surface area contributed by atoms with E-state index in [0.717, 1.165) is 34.2 Å². The van der Waals surface area contributed by atoms with Crippen LogP contribution in [0.3, 0.4) is 0 Å². The van der Waals surface area contributed by atoms with Gasteiger partial charge in [-0.3, -0.25) is 4.79 Å². The molecule has 172 valence electrons. The largest absolute Gasteiger partial charge is 0.482 e. The van der Waals surface area contributed by atoms with Crippen molar-refractivity contribution in [3.05, 3.63) is 113 Å². The zero-order valence-electron chi connectivity index (χ0n) is 18.5. The van der Waals surface area contributed by atoms with Crippen LogP contribution in [-0.4, -0.2) is 22.2 Å². The smallest absolute Gasteiger partial charge is 0.341 e. The van der Waals surface area contributed by atoms with Gasteiger partial charge in [-0.15, -0.1) is 0 Å². The molecule has 0 aliphatic heterocycles. The average molecular weight is 458 g/mol. The molecule has 0 fully saturated rings. The third kappa shape index (κ3) is 5.78. The molecule has 0 atom stereocenters. The summed E-state index contributed by atoms with van der Waals surface area (Å²) in [5.41, 5.74) is 4.66. The molecule has 1 heterocycles. The third-order valence-corrected chi connectivity index (χ3v) is 5.50. The van der Waals surface area contributed by atoms with E-state index < -0.39 is 5.97 Å². The summed E-state index contributed by atoms with van der Waals surface area (Å²) in [7, 11) is 0. The van der Waals surface area contributed by atoms with Gasteiger partial charge in [0.2, 0.25) is 0 Å². The van der Waals surface area contributed by atoms with Crippen molar-refractivity contribution in [1.82, 2.24) is 4.57 Å². The van der Waals surface area contributed by atoms with Crippen molar-refractivity contribution in [2.75, 3.05) is 6.61 Å². The fourth-order valence-corrected chi connectivity index (χ4v) is 3.87. The number of benzene rings is 3. The van der Waals surface area contributed by atoms with Crippen LogP contribution in [0, 0.1) is 5.82 Å². The second-order valence-corrected chi connectivity index (χ2v) is 7.94. The molecule has 3 aromatic carbocycles. The van der Waals surface area contributed by atoms with E-state index in [1.165, 1.54) is 12.1 Å². The molecular formula is C28H24FNO4. The monoisotopic (exact) mass is 457 g/mol. The highest BCUT2D eigenvalue weighted by molar-refractivity contribution is 5.83. The number of carboxylic acids is 1. The van der Waals surface area contributed by atoms with Crippen LogP contribution in [0.25, 0.3) is 22.3 Å². The average Bonchev–Trinajstić information content (AvgIpc) is 2.85. The van der Waals surface area contributed by atoms with Gasteiger partial charge in [-0.25, -0.2) is 9.18 Å². The Labute approximate surface area is 196 Å². The number of aromatic nitrogens is 1. The van der Waals surface area contributed by atoms with E-state index in [-0.39, 0.29) is 18.0 Å². The van der Waals surface area contributed by atoms with Crippen LogP contribution >= 0.6 is 0 Å². The maximum atomic E-state index is 13.4. The normalized spacial score (nSPS) is 10.7. The number of hydrogen-bond donors (Lipinski definition) is 1. The van der Waals surface area contributed by atoms with Crippen LogP contribution in [0.5, 0.6) is 5.75 Å². The van der Waals surface area contributed by atoms with E-state index in [2.05, 4.69) is 0 Å². The molecule has 0 amide bonds. The minimum absolute atomic E-state index is 0.0819. The lowest BCUT2D eigenvalue weighted by atomic mass is 9.95. The van der Waals surface area contributed by atoms with Crippen molar-refractivity contribution in [3.8, 4) is 28.0 Å². The number of aryl methyl sites for hydroxylation is 2. The van der Waals surface area contributed by atoms with Gasteiger partial charge in [0.15, 0.2) is 6.61 Å². The molecule has 1 N–H and O–H groups in total. The van der Waals surface area contributed by atoms with Crippen LogP contribution < -0.4 is 10.3 Å². The van der Waals surface area contributed by atoms with Crippen molar-refractivity contribution < 1.29 is 19.0 Å². The topological polar surface area (TPSA) is 68.5 Å². The number of carboxylic acid groups (broad SMARTS) is 1. The lowest BCUT2D eigenvalue weighted by Gasteiger charge is -2.13. The fourth-order valence-electron chi connectivity index (χ4n) is 3.87. The van der Waals surface area contributed by atoms with Crippen LogP contribution in [0.1, 0.15) is 12.0 Å². The van der Waals surface area contributed by atoms with Crippen molar-refractivity contribution in [3.63, 3.8) is 0 Å². The lowest BCUT2D eigenvalue weighted by molar-refractivity contribution is -0.139. The SMILES string of the molecule is O=C(O)COc1cccc(CCCn2cc(-c3ccccc3-c3ccc(F)cc3)ccc2=O)c1. The van der Waals surface area contributed by atoms with E-state index in [9.17, 15) is 14.0 Å². The van der Waals surface area contributed by atoms with Crippen LogP contribution in [0.15, 0.2) is 95.9 Å². The first-order valence-electron chi connectivity index (χ1n) is 11.0. The van der Waals surface area contributed by atoms with E-state index >= 15 is 0 Å². The molecule has 1 aromatic heterocycles. The molecule has 0 aliphatic carbocycles. The summed E-state index contributed by atoms with van der Waals surface area (Å²) in [5, 5.41) is 8.76. The maximum Gasteiger partial charge on any atom is 0.341 e. The molecule has 0 bridgehead atoms. The van der Waals surface area contributed by atoms with Crippen molar-refractivity contribution in [1.29, 1.82) is 0 Å². The standard InChI is InChI=1S/C28H24FNO4/c29-23-13-10-21(11-14-23)25-8-1-2-9-26(25)22-12-15-27(31)30(18-22)16-4-6-20-5-3-7-24(17-20)34-19-28(32)33/h1-3,5,7-15,17-18H,4,6,16,19H2,(H,32,33). The molecule has 34 heavy (non-hydrogen) atoms. The van der Waals surface area contributed by atoms with Crippen molar-refractivity contribution >= 4 is 5.97 Å². The Bertz CT molecular complexity index is 1350. The molecule has 4 aromatic rings. The minimum atomic E-state index is -1.02. The van der Waals surface area contributed by atoms with Crippen molar-refractivity contribution in [2.24, 2.45) is 0 Å².